The molecule has 0 radical (unpaired) electrons. The molecule has 0 saturated carbocycles. The van der Waals surface area contributed by atoms with Gasteiger partial charge in [0.1, 0.15) is 17.3 Å². The number of imidazole rings is 1. The molecular weight excluding hydrogens is 382 g/mol. The molecule has 0 aliphatic heterocycles. The Labute approximate surface area is 136 Å². The molecule has 0 unspecified atom stereocenters. The summed E-state index contributed by atoms with van der Waals surface area (Å²) >= 11 is 9.23. The van der Waals surface area contributed by atoms with Crippen LogP contribution in [0.1, 0.15) is 12.7 Å². The average molecular weight is 395 g/mol. The van der Waals surface area contributed by atoms with Crippen LogP contribution in [0.5, 0.6) is 5.75 Å². The van der Waals surface area contributed by atoms with Gasteiger partial charge in [0, 0.05) is 23.4 Å². The lowest BCUT2D eigenvalue weighted by Gasteiger charge is -2.13. The topological polar surface area (TPSA) is 87.2 Å². The van der Waals surface area contributed by atoms with E-state index in [1.807, 2.05) is 17.7 Å². The monoisotopic (exact) mass is 393 g/mol. The van der Waals surface area contributed by atoms with E-state index in [4.69, 9.17) is 21.5 Å². The van der Waals surface area contributed by atoms with Crippen LogP contribution >= 0.6 is 27.5 Å². The number of benzene rings is 1. The minimum absolute atomic E-state index is 0.0213. The zero-order chi connectivity index (χ0) is 15.6. The zero-order valence-electron chi connectivity index (χ0n) is 11.1. The molecule has 1 heterocycles. The van der Waals surface area contributed by atoms with Gasteiger partial charge in [-0.3, -0.25) is 0 Å². The first kappa shape index (κ1) is 16.3. The summed E-state index contributed by atoms with van der Waals surface area (Å²) in [6.45, 7) is 2.78. The molecule has 9 heteroatoms. The average Bonchev–Trinajstić information content (AvgIpc) is 2.83. The van der Waals surface area contributed by atoms with Gasteiger partial charge in [0.15, 0.2) is 5.75 Å². The van der Waals surface area contributed by atoms with Crippen molar-refractivity contribution in [1.29, 1.82) is 0 Å². The van der Waals surface area contributed by atoms with Crippen molar-refractivity contribution in [2.24, 2.45) is 5.14 Å². The first-order valence-electron chi connectivity index (χ1n) is 5.97. The number of hydrogen-bond donors (Lipinski definition) is 1. The van der Waals surface area contributed by atoms with E-state index in [2.05, 4.69) is 20.9 Å². The summed E-state index contributed by atoms with van der Waals surface area (Å²) in [6.07, 6.45) is 3.45. The molecule has 0 bridgehead atoms. The van der Waals surface area contributed by atoms with Gasteiger partial charge in [-0.25, -0.2) is 18.5 Å². The number of nitrogens with zero attached hydrogens (tertiary/aromatic N) is 2. The van der Waals surface area contributed by atoms with Crippen LogP contribution in [-0.2, 0) is 23.2 Å². The van der Waals surface area contributed by atoms with E-state index in [0.717, 1.165) is 6.54 Å². The second kappa shape index (κ2) is 6.35. The van der Waals surface area contributed by atoms with Gasteiger partial charge in [-0.1, -0.05) is 27.5 Å². The lowest BCUT2D eigenvalue weighted by atomic mass is 10.3. The van der Waals surface area contributed by atoms with Crippen molar-refractivity contribution in [3.63, 3.8) is 0 Å². The number of aryl methyl sites for hydroxylation is 1. The standard InChI is InChI=1S/C12H13BrClN3O3S/c1-2-17-4-3-16-11(17)7-20-12-9(14)5-8(13)6-10(12)21(15,18)19/h3-6H,2,7H2,1H3,(H2,15,18,19). The molecule has 0 spiro atoms. The second-order valence-electron chi connectivity index (χ2n) is 4.18. The molecule has 2 aromatic rings. The summed E-state index contributed by atoms with van der Waals surface area (Å²) < 4.78 is 31.2. The van der Waals surface area contributed by atoms with Crippen LogP contribution in [0.2, 0.25) is 5.02 Å². The molecule has 0 aliphatic rings. The number of halogens is 2. The maximum Gasteiger partial charge on any atom is 0.241 e. The van der Waals surface area contributed by atoms with Crippen molar-refractivity contribution in [3.05, 3.63) is 39.8 Å². The van der Waals surface area contributed by atoms with E-state index in [0.29, 0.717) is 10.3 Å². The highest BCUT2D eigenvalue weighted by atomic mass is 79.9. The number of primary sulfonamides is 1. The summed E-state index contributed by atoms with van der Waals surface area (Å²) in [5.41, 5.74) is 0. The first-order valence-corrected chi connectivity index (χ1v) is 8.69. The van der Waals surface area contributed by atoms with E-state index in [1.165, 1.54) is 12.1 Å². The van der Waals surface area contributed by atoms with Gasteiger partial charge in [-0.05, 0) is 19.1 Å². The summed E-state index contributed by atoms with van der Waals surface area (Å²) in [5.74, 6) is 0.685. The third kappa shape index (κ3) is 3.76. The lowest BCUT2D eigenvalue weighted by Crippen LogP contribution is -2.15. The SMILES string of the molecule is CCn1ccnc1COc1c(Cl)cc(Br)cc1S(N)(=O)=O. The van der Waals surface area contributed by atoms with E-state index in [9.17, 15) is 8.42 Å². The van der Waals surface area contributed by atoms with E-state index >= 15 is 0 Å². The molecule has 2 rings (SSSR count). The largest absolute Gasteiger partial charge is 0.483 e. The van der Waals surface area contributed by atoms with Crippen LogP contribution < -0.4 is 9.88 Å². The fraction of sp³-hybridized carbons (Fsp3) is 0.250. The number of sulfonamides is 1. The minimum atomic E-state index is -3.95. The van der Waals surface area contributed by atoms with Gasteiger partial charge in [-0.2, -0.15) is 0 Å². The summed E-state index contributed by atoms with van der Waals surface area (Å²) in [5, 5.41) is 5.35. The third-order valence-corrected chi connectivity index (χ3v) is 4.42. The molecule has 114 valence electrons. The summed E-state index contributed by atoms with van der Waals surface area (Å²) in [4.78, 5) is 3.98. The Morgan fingerprint density at radius 2 is 2.19 bits per heavy atom. The fourth-order valence-electron chi connectivity index (χ4n) is 1.79. The molecule has 0 atom stereocenters. The van der Waals surface area contributed by atoms with Crippen molar-refractivity contribution in [2.75, 3.05) is 0 Å². The van der Waals surface area contributed by atoms with Crippen molar-refractivity contribution in [2.45, 2.75) is 25.0 Å². The quantitative estimate of drug-likeness (QED) is 0.844. The van der Waals surface area contributed by atoms with Crippen LogP contribution in [0.25, 0.3) is 0 Å². The van der Waals surface area contributed by atoms with Gasteiger partial charge in [0.2, 0.25) is 10.0 Å². The lowest BCUT2D eigenvalue weighted by molar-refractivity contribution is 0.282. The van der Waals surface area contributed by atoms with Crippen molar-refractivity contribution in [3.8, 4) is 5.75 Å². The van der Waals surface area contributed by atoms with E-state index in [1.54, 1.807) is 6.20 Å². The molecule has 6 nitrogen and oxygen atoms in total. The molecule has 1 aromatic carbocycles. The van der Waals surface area contributed by atoms with Crippen LogP contribution in [0.15, 0.2) is 33.9 Å². The Bertz CT molecular complexity index is 761. The predicted octanol–water partition coefficient (Wildman–Crippen LogP) is 2.55. The van der Waals surface area contributed by atoms with Crippen LogP contribution in [0.4, 0.5) is 0 Å². The number of nitrogens with two attached hydrogens (primary N) is 1. The van der Waals surface area contributed by atoms with Crippen LogP contribution in [0, 0.1) is 0 Å². The van der Waals surface area contributed by atoms with Gasteiger partial charge < -0.3 is 9.30 Å². The molecular formula is C12H13BrClN3O3S. The van der Waals surface area contributed by atoms with E-state index < -0.39 is 10.0 Å². The maximum absolute atomic E-state index is 11.6. The number of aromatic nitrogens is 2. The second-order valence-corrected chi connectivity index (χ2v) is 7.03. The summed E-state index contributed by atoms with van der Waals surface area (Å²) in [6, 6.07) is 2.89. The predicted molar refractivity (Wildman–Crippen MR) is 82.8 cm³/mol. The van der Waals surface area contributed by atoms with Crippen molar-refractivity contribution < 1.29 is 13.2 Å². The zero-order valence-corrected chi connectivity index (χ0v) is 14.2. The van der Waals surface area contributed by atoms with Crippen LogP contribution in [-0.4, -0.2) is 18.0 Å². The van der Waals surface area contributed by atoms with Crippen molar-refractivity contribution >= 4 is 37.6 Å². The smallest absolute Gasteiger partial charge is 0.241 e. The minimum Gasteiger partial charge on any atom is -0.483 e. The first-order chi connectivity index (χ1) is 9.82. The number of rotatable bonds is 5. The Morgan fingerprint density at radius 3 is 2.81 bits per heavy atom. The Kier molecular flexibility index (Phi) is 4.92. The molecule has 0 amide bonds. The molecule has 0 aliphatic carbocycles. The third-order valence-electron chi connectivity index (χ3n) is 2.77. The van der Waals surface area contributed by atoms with E-state index in [-0.39, 0.29) is 22.3 Å². The van der Waals surface area contributed by atoms with Gasteiger partial charge in [0.05, 0.1) is 5.02 Å². The van der Waals surface area contributed by atoms with Crippen LogP contribution in [0.3, 0.4) is 0 Å². The molecule has 2 N–H and O–H groups in total. The van der Waals surface area contributed by atoms with Gasteiger partial charge >= 0.3 is 0 Å². The number of ether oxygens (including phenoxy) is 1. The van der Waals surface area contributed by atoms with Gasteiger partial charge in [0.25, 0.3) is 0 Å². The normalized spacial score (nSPS) is 11.6. The maximum atomic E-state index is 11.6. The Morgan fingerprint density at radius 1 is 1.48 bits per heavy atom. The number of hydrogen-bond acceptors (Lipinski definition) is 4. The summed E-state index contributed by atoms with van der Waals surface area (Å²) in [7, 11) is -3.95. The fourth-order valence-corrected chi connectivity index (χ4v) is 3.58. The van der Waals surface area contributed by atoms with Gasteiger partial charge in [-0.15, -0.1) is 0 Å². The molecule has 0 fully saturated rings. The molecule has 0 saturated heterocycles. The highest BCUT2D eigenvalue weighted by Gasteiger charge is 2.20. The molecule has 1 aromatic heterocycles. The highest BCUT2D eigenvalue weighted by molar-refractivity contribution is 9.10. The highest BCUT2D eigenvalue weighted by Crippen LogP contribution is 2.35. The van der Waals surface area contributed by atoms with Crippen molar-refractivity contribution in [1.82, 2.24) is 9.55 Å². The molecule has 21 heavy (non-hydrogen) atoms. The Balaban J connectivity index is 2.36. The Hall–Kier alpha value is -1.09.